The third kappa shape index (κ3) is 5.39. The van der Waals surface area contributed by atoms with Crippen LogP contribution in [0.5, 0.6) is 17.2 Å². The van der Waals surface area contributed by atoms with Crippen LogP contribution in [0.2, 0.25) is 0 Å². The monoisotopic (exact) mass is 530 g/mol. The molecule has 1 aliphatic heterocycles. The van der Waals surface area contributed by atoms with Crippen molar-refractivity contribution >= 4 is 38.9 Å². The van der Waals surface area contributed by atoms with Crippen LogP contribution in [0.25, 0.3) is 0 Å². The average molecular weight is 531 g/mol. The van der Waals surface area contributed by atoms with Gasteiger partial charge in [0.05, 0.1) is 20.3 Å². The summed E-state index contributed by atoms with van der Waals surface area (Å²) in [5.41, 5.74) is 3.11. The van der Waals surface area contributed by atoms with Crippen molar-refractivity contribution in [2.75, 3.05) is 32.7 Å². The molecule has 3 aromatic rings. The highest BCUT2D eigenvalue weighted by molar-refractivity contribution is 9.10. The lowest BCUT2D eigenvalue weighted by Gasteiger charge is -2.39. The van der Waals surface area contributed by atoms with E-state index in [-0.39, 0.29) is 11.9 Å². The van der Waals surface area contributed by atoms with Crippen LogP contribution in [0.15, 0.2) is 65.1 Å². The van der Waals surface area contributed by atoms with Gasteiger partial charge in [0.2, 0.25) is 0 Å². The van der Waals surface area contributed by atoms with Crippen LogP contribution in [0.1, 0.15) is 17.2 Å². The molecule has 5 nitrogen and oxygen atoms in total. The highest BCUT2D eigenvalue weighted by Gasteiger charge is 2.31. The van der Waals surface area contributed by atoms with Gasteiger partial charge in [-0.2, -0.15) is 0 Å². The SMILES string of the molecule is COc1cc2c(cc1OC)[C@H](COc1ccc(F)cc1)N(C(=S)Nc1ccc(Br)cc1)CC2. The molecule has 1 heterocycles. The fraction of sp³-hybridized carbons (Fsp3) is 0.240. The summed E-state index contributed by atoms with van der Waals surface area (Å²) in [5, 5.41) is 3.93. The van der Waals surface area contributed by atoms with Crippen molar-refractivity contribution < 1.29 is 18.6 Å². The summed E-state index contributed by atoms with van der Waals surface area (Å²) in [5.74, 6) is 1.63. The molecular weight excluding hydrogens is 507 g/mol. The van der Waals surface area contributed by atoms with E-state index in [1.165, 1.54) is 12.1 Å². The van der Waals surface area contributed by atoms with E-state index in [0.717, 1.165) is 27.7 Å². The van der Waals surface area contributed by atoms with E-state index in [9.17, 15) is 4.39 Å². The van der Waals surface area contributed by atoms with E-state index in [1.54, 1.807) is 26.4 Å². The third-order valence-corrected chi connectivity index (χ3v) is 6.45. The first-order chi connectivity index (χ1) is 16.0. The Morgan fingerprint density at radius 1 is 1.06 bits per heavy atom. The van der Waals surface area contributed by atoms with Gasteiger partial charge in [-0.15, -0.1) is 0 Å². The predicted molar refractivity (Wildman–Crippen MR) is 135 cm³/mol. The molecule has 0 aliphatic carbocycles. The van der Waals surface area contributed by atoms with E-state index >= 15 is 0 Å². The maximum Gasteiger partial charge on any atom is 0.174 e. The first kappa shape index (κ1) is 23.3. The molecular formula is C25H24BrFN2O3S. The molecule has 0 amide bonds. The first-order valence-corrected chi connectivity index (χ1v) is 11.6. The molecule has 0 spiro atoms. The Morgan fingerprint density at radius 2 is 1.73 bits per heavy atom. The van der Waals surface area contributed by atoms with Gasteiger partial charge in [0.1, 0.15) is 18.2 Å². The van der Waals surface area contributed by atoms with Crippen LogP contribution in [-0.4, -0.2) is 37.4 Å². The van der Waals surface area contributed by atoms with Crippen LogP contribution in [0.4, 0.5) is 10.1 Å². The number of rotatable bonds is 6. The standard InChI is InChI=1S/C25H24BrFN2O3S/c1-30-23-13-16-11-12-29(25(33)28-19-7-3-17(26)4-8-19)22(21(16)14-24(23)31-2)15-32-20-9-5-18(27)6-10-20/h3-10,13-14,22H,11-12,15H2,1-2H3,(H,28,33)/t22-/m0/s1. The number of halogens is 2. The highest BCUT2D eigenvalue weighted by atomic mass is 79.9. The van der Waals surface area contributed by atoms with Gasteiger partial charge in [-0.3, -0.25) is 0 Å². The molecule has 1 atom stereocenters. The number of methoxy groups -OCH3 is 2. The van der Waals surface area contributed by atoms with Crippen molar-refractivity contribution in [3.63, 3.8) is 0 Å². The minimum atomic E-state index is -0.302. The van der Waals surface area contributed by atoms with Gasteiger partial charge in [0, 0.05) is 16.7 Å². The quantitative estimate of drug-likeness (QED) is 0.395. The Balaban J connectivity index is 1.63. The zero-order valence-corrected chi connectivity index (χ0v) is 20.7. The summed E-state index contributed by atoms with van der Waals surface area (Å²) in [6.07, 6.45) is 0.797. The van der Waals surface area contributed by atoms with Gasteiger partial charge in [-0.25, -0.2) is 4.39 Å². The Hall–Kier alpha value is -2.84. The Labute approximate surface area is 206 Å². The van der Waals surface area contributed by atoms with Crippen LogP contribution in [0.3, 0.4) is 0 Å². The van der Waals surface area contributed by atoms with Crippen LogP contribution in [-0.2, 0) is 6.42 Å². The minimum absolute atomic E-state index is 0.172. The summed E-state index contributed by atoms with van der Waals surface area (Å²) in [6.45, 7) is 1.04. The highest BCUT2D eigenvalue weighted by Crippen LogP contribution is 2.38. The topological polar surface area (TPSA) is 43.0 Å². The van der Waals surface area contributed by atoms with E-state index in [2.05, 4.69) is 26.1 Å². The molecule has 0 bridgehead atoms. The summed E-state index contributed by atoms with van der Waals surface area (Å²) < 4.78 is 31.4. The average Bonchev–Trinajstić information content (AvgIpc) is 2.83. The molecule has 0 radical (unpaired) electrons. The largest absolute Gasteiger partial charge is 0.493 e. The van der Waals surface area contributed by atoms with Crippen molar-refractivity contribution in [1.82, 2.24) is 4.90 Å². The molecule has 8 heteroatoms. The number of thiocarbonyl (C=S) groups is 1. The molecule has 3 aromatic carbocycles. The lowest BCUT2D eigenvalue weighted by molar-refractivity contribution is 0.190. The predicted octanol–water partition coefficient (Wildman–Crippen LogP) is 5.98. The molecule has 0 fully saturated rings. The van der Waals surface area contributed by atoms with Gasteiger partial charge in [-0.1, -0.05) is 15.9 Å². The number of hydrogen-bond donors (Lipinski definition) is 1. The van der Waals surface area contributed by atoms with Gasteiger partial charge >= 0.3 is 0 Å². The second-order valence-corrected chi connectivity index (χ2v) is 8.87. The number of hydrogen-bond acceptors (Lipinski definition) is 4. The summed E-state index contributed by atoms with van der Waals surface area (Å²) in [4.78, 5) is 2.12. The second-order valence-electron chi connectivity index (χ2n) is 7.57. The van der Waals surface area contributed by atoms with Crippen LogP contribution < -0.4 is 19.5 Å². The summed E-state index contributed by atoms with van der Waals surface area (Å²) >= 11 is 9.25. The zero-order chi connectivity index (χ0) is 23.4. The van der Waals surface area contributed by atoms with E-state index in [0.29, 0.717) is 35.5 Å². The van der Waals surface area contributed by atoms with E-state index in [4.69, 9.17) is 26.4 Å². The number of nitrogens with one attached hydrogen (secondary N) is 1. The van der Waals surface area contributed by atoms with Crippen molar-refractivity contribution in [2.45, 2.75) is 12.5 Å². The minimum Gasteiger partial charge on any atom is -0.493 e. The van der Waals surface area contributed by atoms with Gasteiger partial charge in [0.15, 0.2) is 16.6 Å². The van der Waals surface area contributed by atoms with E-state index in [1.807, 2.05) is 36.4 Å². The summed E-state index contributed by atoms with van der Waals surface area (Å²) in [6, 6.07) is 17.7. The van der Waals surface area contributed by atoms with Crippen LogP contribution >= 0.6 is 28.1 Å². The molecule has 0 saturated heterocycles. The van der Waals surface area contributed by atoms with Crippen molar-refractivity contribution in [2.24, 2.45) is 0 Å². The number of benzene rings is 3. The smallest absolute Gasteiger partial charge is 0.174 e. The third-order valence-electron chi connectivity index (χ3n) is 5.58. The van der Waals surface area contributed by atoms with Crippen molar-refractivity contribution in [1.29, 1.82) is 0 Å². The molecule has 1 N–H and O–H groups in total. The molecule has 1 aliphatic rings. The molecule has 33 heavy (non-hydrogen) atoms. The van der Waals surface area contributed by atoms with Gasteiger partial charge < -0.3 is 24.4 Å². The van der Waals surface area contributed by atoms with Crippen molar-refractivity contribution in [3.05, 3.63) is 82.1 Å². The second kappa shape index (κ2) is 10.4. The Bertz CT molecular complexity index is 1130. The fourth-order valence-corrected chi connectivity index (χ4v) is 4.49. The van der Waals surface area contributed by atoms with Gasteiger partial charge in [0.25, 0.3) is 0 Å². The number of nitrogens with zero attached hydrogens (tertiary/aromatic N) is 1. The zero-order valence-electron chi connectivity index (χ0n) is 18.3. The summed E-state index contributed by atoms with van der Waals surface area (Å²) in [7, 11) is 3.25. The van der Waals surface area contributed by atoms with Crippen molar-refractivity contribution in [3.8, 4) is 17.2 Å². The maximum atomic E-state index is 13.3. The maximum absolute atomic E-state index is 13.3. The first-order valence-electron chi connectivity index (χ1n) is 10.4. The number of ether oxygens (including phenoxy) is 3. The number of fused-ring (bicyclic) bond motifs is 1. The Kier molecular flexibility index (Phi) is 7.35. The van der Waals surface area contributed by atoms with Crippen LogP contribution in [0, 0.1) is 5.82 Å². The molecule has 172 valence electrons. The molecule has 0 aromatic heterocycles. The normalized spacial score (nSPS) is 14.9. The molecule has 0 unspecified atom stereocenters. The molecule has 0 saturated carbocycles. The van der Waals surface area contributed by atoms with Gasteiger partial charge in [-0.05, 0) is 90.4 Å². The molecule has 4 rings (SSSR count). The fourth-order valence-electron chi connectivity index (χ4n) is 3.89. The lowest BCUT2D eigenvalue weighted by Crippen LogP contribution is -2.44. The lowest BCUT2D eigenvalue weighted by atomic mass is 9.92. The number of anilines is 1. The Morgan fingerprint density at radius 3 is 2.39 bits per heavy atom. The van der Waals surface area contributed by atoms with E-state index < -0.39 is 0 Å².